The molecule has 0 bridgehead atoms. The highest BCUT2D eigenvalue weighted by Gasteiger charge is 2.13. The fourth-order valence-corrected chi connectivity index (χ4v) is 1.99. The predicted molar refractivity (Wildman–Crippen MR) is 74.1 cm³/mol. The van der Waals surface area contributed by atoms with Crippen molar-refractivity contribution in [1.29, 1.82) is 0 Å². The van der Waals surface area contributed by atoms with Gasteiger partial charge in [0, 0.05) is 13.2 Å². The fraction of sp³-hybridized carbons (Fsp3) is 0.0833. The summed E-state index contributed by atoms with van der Waals surface area (Å²) in [5.41, 5.74) is 3.30. The number of hydrogen-bond donors (Lipinski definition) is 2. The Morgan fingerprint density at radius 1 is 1.58 bits per heavy atom. The van der Waals surface area contributed by atoms with Crippen molar-refractivity contribution >= 4 is 28.1 Å². The van der Waals surface area contributed by atoms with E-state index >= 15 is 0 Å². The molecule has 0 aliphatic carbocycles. The lowest BCUT2D eigenvalue weighted by atomic mass is 10.2. The number of hydrazone groups is 1. The first-order chi connectivity index (χ1) is 9.06. The van der Waals surface area contributed by atoms with E-state index in [4.69, 9.17) is 0 Å². The van der Waals surface area contributed by atoms with E-state index in [9.17, 15) is 9.90 Å². The van der Waals surface area contributed by atoms with Gasteiger partial charge in [0.15, 0.2) is 5.69 Å². The van der Waals surface area contributed by atoms with Gasteiger partial charge in [-0.1, -0.05) is 12.1 Å². The summed E-state index contributed by atoms with van der Waals surface area (Å²) in [7, 11) is 1.72. The molecule has 1 aromatic carbocycles. The molecule has 19 heavy (non-hydrogen) atoms. The van der Waals surface area contributed by atoms with Crippen LogP contribution < -0.4 is 5.43 Å². The Morgan fingerprint density at radius 3 is 3.00 bits per heavy atom. The molecular formula is C12H11BrN4O2. The van der Waals surface area contributed by atoms with Crippen molar-refractivity contribution in [1.82, 2.24) is 15.2 Å². The van der Waals surface area contributed by atoms with Gasteiger partial charge in [-0.15, -0.1) is 0 Å². The summed E-state index contributed by atoms with van der Waals surface area (Å²) in [6, 6.07) is 6.53. The van der Waals surface area contributed by atoms with Crippen molar-refractivity contribution < 1.29 is 9.90 Å². The van der Waals surface area contributed by atoms with Gasteiger partial charge in [0.1, 0.15) is 5.75 Å². The SMILES string of the molecule is Cn1cc(Br)c(C(=O)N/N=C\c2cccc(O)c2)n1. The maximum absolute atomic E-state index is 11.8. The van der Waals surface area contributed by atoms with Crippen LogP contribution in [-0.4, -0.2) is 27.0 Å². The molecule has 0 atom stereocenters. The minimum atomic E-state index is -0.413. The number of nitrogens with zero attached hydrogens (tertiary/aromatic N) is 3. The zero-order chi connectivity index (χ0) is 13.8. The molecule has 0 fully saturated rings. The standard InChI is InChI=1S/C12H11BrN4O2/c1-17-7-10(13)11(16-17)12(19)15-14-6-8-3-2-4-9(18)5-8/h2-7,18H,1H3,(H,15,19)/b14-6-. The quantitative estimate of drug-likeness (QED) is 0.666. The summed E-state index contributed by atoms with van der Waals surface area (Å²) in [6.07, 6.45) is 3.11. The highest BCUT2D eigenvalue weighted by atomic mass is 79.9. The van der Waals surface area contributed by atoms with Crippen molar-refractivity contribution in [2.45, 2.75) is 0 Å². The lowest BCUT2D eigenvalue weighted by Crippen LogP contribution is -2.18. The minimum absolute atomic E-state index is 0.141. The van der Waals surface area contributed by atoms with E-state index in [0.29, 0.717) is 10.0 Å². The number of benzene rings is 1. The second-order valence-electron chi connectivity index (χ2n) is 3.79. The first kappa shape index (κ1) is 13.3. The number of carbonyl (C=O) groups is 1. The highest BCUT2D eigenvalue weighted by Crippen LogP contribution is 2.13. The van der Waals surface area contributed by atoms with Crippen molar-refractivity contribution in [3.63, 3.8) is 0 Å². The lowest BCUT2D eigenvalue weighted by Gasteiger charge is -1.97. The molecule has 0 saturated carbocycles. The van der Waals surface area contributed by atoms with Crippen LogP contribution in [0.25, 0.3) is 0 Å². The highest BCUT2D eigenvalue weighted by molar-refractivity contribution is 9.10. The Bertz CT molecular complexity index is 636. The van der Waals surface area contributed by atoms with E-state index in [1.807, 2.05) is 0 Å². The minimum Gasteiger partial charge on any atom is -0.508 e. The van der Waals surface area contributed by atoms with Gasteiger partial charge in [-0.2, -0.15) is 10.2 Å². The summed E-state index contributed by atoms with van der Waals surface area (Å²) in [5, 5.41) is 17.1. The second kappa shape index (κ2) is 5.66. The van der Waals surface area contributed by atoms with Gasteiger partial charge in [0.2, 0.25) is 0 Å². The number of nitrogens with one attached hydrogen (secondary N) is 1. The van der Waals surface area contributed by atoms with Gasteiger partial charge in [0.05, 0.1) is 10.7 Å². The van der Waals surface area contributed by atoms with Gasteiger partial charge < -0.3 is 5.11 Å². The zero-order valence-electron chi connectivity index (χ0n) is 10.0. The second-order valence-corrected chi connectivity index (χ2v) is 4.65. The molecule has 0 radical (unpaired) electrons. The predicted octanol–water partition coefficient (Wildman–Crippen LogP) is 1.65. The molecule has 6 nitrogen and oxygen atoms in total. The van der Waals surface area contributed by atoms with Gasteiger partial charge in [-0.25, -0.2) is 5.43 Å². The molecule has 1 aromatic heterocycles. The summed E-state index contributed by atoms with van der Waals surface area (Å²) < 4.78 is 2.12. The van der Waals surface area contributed by atoms with Crippen LogP contribution in [-0.2, 0) is 7.05 Å². The van der Waals surface area contributed by atoms with E-state index in [-0.39, 0.29) is 11.4 Å². The van der Waals surface area contributed by atoms with Crippen molar-refractivity contribution in [3.05, 3.63) is 46.2 Å². The molecule has 0 spiro atoms. The maximum Gasteiger partial charge on any atom is 0.293 e. The Labute approximate surface area is 117 Å². The third-order valence-electron chi connectivity index (χ3n) is 2.25. The summed E-state index contributed by atoms with van der Waals surface area (Å²) in [5.74, 6) is -0.272. The van der Waals surface area contributed by atoms with Crippen LogP contribution in [0.1, 0.15) is 16.1 Å². The van der Waals surface area contributed by atoms with E-state index in [1.54, 1.807) is 31.4 Å². The monoisotopic (exact) mass is 322 g/mol. The number of aryl methyl sites for hydroxylation is 1. The van der Waals surface area contributed by atoms with Gasteiger partial charge in [-0.05, 0) is 33.6 Å². The van der Waals surface area contributed by atoms with Crippen molar-refractivity contribution in [2.75, 3.05) is 0 Å². The third kappa shape index (κ3) is 3.41. The van der Waals surface area contributed by atoms with Crippen molar-refractivity contribution in [3.8, 4) is 5.75 Å². The van der Waals surface area contributed by atoms with Gasteiger partial charge >= 0.3 is 0 Å². The molecular weight excluding hydrogens is 312 g/mol. The van der Waals surface area contributed by atoms with Crippen LogP contribution in [0.3, 0.4) is 0 Å². The Balaban J connectivity index is 2.03. The molecule has 1 heterocycles. The number of hydrogen-bond acceptors (Lipinski definition) is 4. The van der Waals surface area contributed by atoms with Crippen LogP contribution in [0.5, 0.6) is 5.75 Å². The number of phenols is 1. The molecule has 1 amide bonds. The topological polar surface area (TPSA) is 79.5 Å². The number of aromatic nitrogens is 2. The molecule has 2 aromatic rings. The van der Waals surface area contributed by atoms with Crippen LogP contribution in [0, 0.1) is 0 Å². The van der Waals surface area contributed by atoms with E-state index in [0.717, 1.165) is 0 Å². The summed E-state index contributed by atoms with van der Waals surface area (Å²) >= 11 is 3.23. The van der Waals surface area contributed by atoms with Gasteiger partial charge in [0.25, 0.3) is 5.91 Å². The number of aromatic hydroxyl groups is 1. The molecule has 0 saturated heterocycles. The molecule has 0 aliphatic heterocycles. The van der Waals surface area contributed by atoms with E-state index < -0.39 is 5.91 Å². The first-order valence-corrected chi connectivity index (χ1v) is 6.17. The number of amides is 1. The fourth-order valence-electron chi connectivity index (χ4n) is 1.44. The molecule has 2 rings (SSSR count). The number of carbonyl (C=O) groups excluding carboxylic acids is 1. The van der Waals surface area contributed by atoms with Crippen LogP contribution in [0.2, 0.25) is 0 Å². The van der Waals surface area contributed by atoms with E-state index in [2.05, 4.69) is 31.6 Å². The number of phenolic OH excluding ortho intramolecular Hbond substituents is 1. The van der Waals surface area contributed by atoms with Crippen molar-refractivity contribution in [2.24, 2.45) is 12.1 Å². The first-order valence-electron chi connectivity index (χ1n) is 5.38. The Morgan fingerprint density at radius 2 is 2.37 bits per heavy atom. The van der Waals surface area contributed by atoms with Gasteiger partial charge in [-0.3, -0.25) is 9.48 Å². The Kier molecular flexibility index (Phi) is 3.96. The van der Waals surface area contributed by atoms with Crippen LogP contribution in [0.15, 0.2) is 40.0 Å². The van der Waals surface area contributed by atoms with E-state index in [1.165, 1.54) is 17.0 Å². The molecule has 2 N–H and O–H groups in total. The van der Waals surface area contributed by atoms with Crippen LogP contribution >= 0.6 is 15.9 Å². The zero-order valence-corrected chi connectivity index (χ0v) is 11.6. The smallest absolute Gasteiger partial charge is 0.293 e. The normalized spacial score (nSPS) is 10.8. The van der Waals surface area contributed by atoms with Crippen LogP contribution in [0.4, 0.5) is 0 Å². The summed E-state index contributed by atoms with van der Waals surface area (Å²) in [6.45, 7) is 0. The lowest BCUT2D eigenvalue weighted by molar-refractivity contribution is 0.0948. The Hall–Kier alpha value is -2.15. The molecule has 0 aliphatic rings. The molecule has 0 unspecified atom stereocenters. The third-order valence-corrected chi connectivity index (χ3v) is 2.83. The average Bonchev–Trinajstić information content (AvgIpc) is 2.68. The molecule has 98 valence electrons. The maximum atomic E-state index is 11.8. The average molecular weight is 323 g/mol. The largest absolute Gasteiger partial charge is 0.508 e. The summed E-state index contributed by atoms with van der Waals surface area (Å²) in [4.78, 5) is 11.8. The number of rotatable bonds is 3. The number of halogens is 1. The molecule has 7 heteroatoms.